The van der Waals surface area contributed by atoms with E-state index in [0.29, 0.717) is 0 Å². The molecule has 1 aromatic carbocycles. The molecule has 0 N–H and O–H groups in total. The van der Waals surface area contributed by atoms with Crippen LogP contribution in [0.15, 0.2) is 26.0 Å². The van der Waals surface area contributed by atoms with Crippen molar-refractivity contribution in [3.8, 4) is 5.75 Å². The second kappa shape index (κ2) is 5.16. The first-order chi connectivity index (χ1) is 7.21. The molecule has 0 unspecified atom stereocenters. The highest BCUT2D eigenvalue weighted by Crippen LogP contribution is 2.37. The van der Waals surface area contributed by atoms with Crippen molar-refractivity contribution in [1.82, 2.24) is 0 Å². The van der Waals surface area contributed by atoms with Crippen LogP contribution in [0, 0.1) is 0 Å². The highest BCUT2D eigenvalue weighted by Gasteiger charge is 2.18. The standard InChI is InChI=1S/C7H3Br2ClF2O3S/c8-4-1-3(16(10,13)14)2-5(6(4)9)15-7(11)12/h1-2,7H. The SMILES string of the molecule is O=S(=O)(Cl)c1cc(Br)c(Br)c(OC(F)F)c1. The van der Waals surface area contributed by atoms with Gasteiger partial charge >= 0.3 is 6.61 Å². The summed E-state index contributed by atoms with van der Waals surface area (Å²) in [5, 5.41) is 0. The average Bonchev–Trinajstić information content (AvgIpc) is 2.10. The van der Waals surface area contributed by atoms with Gasteiger partial charge in [-0.1, -0.05) is 0 Å². The van der Waals surface area contributed by atoms with Gasteiger partial charge in [0, 0.05) is 21.2 Å². The normalized spacial score (nSPS) is 11.9. The largest absolute Gasteiger partial charge is 0.434 e. The Balaban J connectivity index is 3.33. The first kappa shape index (κ1) is 14.1. The van der Waals surface area contributed by atoms with E-state index in [1.165, 1.54) is 6.07 Å². The highest BCUT2D eigenvalue weighted by atomic mass is 79.9. The van der Waals surface area contributed by atoms with Crippen LogP contribution < -0.4 is 4.74 Å². The lowest BCUT2D eigenvalue weighted by molar-refractivity contribution is -0.0505. The third kappa shape index (κ3) is 3.54. The van der Waals surface area contributed by atoms with E-state index in [1.807, 2.05) is 0 Å². The zero-order valence-electron chi connectivity index (χ0n) is 7.25. The first-order valence-corrected chi connectivity index (χ1v) is 7.50. The molecule has 1 aromatic rings. The van der Waals surface area contributed by atoms with Crippen LogP contribution in [0.2, 0.25) is 0 Å². The monoisotopic (exact) mass is 398 g/mol. The lowest BCUT2D eigenvalue weighted by atomic mass is 10.3. The van der Waals surface area contributed by atoms with Crippen LogP contribution in [0.3, 0.4) is 0 Å². The van der Waals surface area contributed by atoms with Crippen molar-refractivity contribution < 1.29 is 21.9 Å². The summed E-state index contributed by atoms with van der Waals surface area (Å²) in [7, 11) is 1.08. The van der Waals surface area contributed by atoms with E-state index in [4.69, 9.17) is 10.7 Å². The van der Waals surface area contributed by atoms with Gasteiger partial charge in [0.2, 0.25) is 0 Å². The average molecular weight is 400 g/mol. The molecule has 0 saturated carbocycles. The van der Waals surface area contributed by atoms with Crippen molar-refractivity contribution in [1.29, 1.82) is 0 Å². The highest BCUT2D eigenvalue weighted by molar-refractivity contribution is 9.13. The predicted molar refractivity (Wildman–Crippen MR) is 61.5 cm³/mol. The lowest BCUT2D eigenvalue weighted by Crippen LogP contribution is -2.04. The van der Waals surface area contributed by atoms with Crippen LogP contribution in [0.4, 0.5) is 8.78 Å². The van der Waals surface area contributed by atoms with Gasteiger partial charge in [-0.25, -0.2) is 8.42 Å². The van der Waals surface area contributed by atoms with Crippen LogP contribution >= 0.6 is 42.5 Å². The van der Waals surface area contributed by atoms with Gasteiger partial charge in [0.1, 0.15) is 5.75 Å². The van der Waals surface area contributed by atoms with Gasteiger partial charge in [0.05, 0.1) is 9.37 Å². The Hall–Kier alpha value is 0.0800. The summed E-state index contributed by atoms with van der Waals surface area (Å²) in [6, 6.07) is 2.08. The zero-order chi connectivity index (χ0) is 12.5. The molecule has 0 amide bonds. The molecule has 0 spiro atoms. The van der Waals surface area contributed by atoms with Crippen LogP contribution in [0.1, 0.15) is 0 Å². The fourth-order valence-electron chi connectivity index (χ4n) is 0.863. The lowest BCUT2D eigenvalue weighted by Gasteiger charge is -2.09. The first-order valence-electron chi connectivity index (χ1n) is 3.60. The summed E-state index contributed by atoms with van der Waals surface area (Å²) in [6.07, 6.45) is 0. The summed E-state index contributed by atoms with van der Waals surface area (Å²) in [4.78, 5) is -0.333. The van der Waals surface area contributed by atoms with Crippen LogP contribution in [-0.2, 0) is 9.05 Å². The number of ether oxygens (including phenoxy) is 1. The molecule has 0 fully saturated rings. The summed E-state index contributed by atoms with van der Waals surface area (Å²) in [5.41, 5.74) is 0. The summed E-state index contributed by atoms with van der Waals surface area (Å²) in [6.45, 7) is -3.06. The van der Waals surface area contributed by atoms with Crippen molar-refractivity contribution in [3.63, 3.8) is 0 Å². The Bertz CT molecular complexity index is 507. The van der Waals surface area contributed by atoms with Gasteiger partial charge in [-0.3, -0.25) is 0 Å². The van der Waals surface area contributed by atoms with Gasteiger partial charge < -0.3 is 4.74 Å². The molecule has 0 aliphatic rings. The molecule has 0 heterocycles. The Morgan fingerprint density at radius 2 is 1.88 bits per heavy atom. The number of halogens is 5. The number of hydrogen-bond donors (Lipinski definition) is 0. The van der Waals surface area contributed by atoms with E-state index in [0.717, 1.165) is 6.07 Å². The third-order valence-electron chi connectivity index (χ3n) is 1.47. The Labute approximate surface area is 111 Å². The van der Waals surface area contributed by atoms with Crippen molar-refractivity contribution in [2.24, 2.45) is 0 Å². The molecule has 0 radical (unpaired) electrons. The second-order valence-electron chi connectivity index (χ2n) is 2.53. The second-order valence-corrected chi connectivity index (χ2v) is 6.75. The van der Waals surface area contributed by atoms with Crippen molar-refractivity contribution in [3.05, 3.63) is 21.1 Å². The molecule has 9 heteroatoms. The minimum atomic E-state index is -4.00. The number of alkyl halides is 2. The summed E-state index contributed by atoms with van der Waals surface area (Å²) >= 11 is 5.95. The number of hydrogen-bond acceptors (Lipinski definition) is 3. The van der Waals surface area contributed by atoms with E-state index >= 15 is 0 Å². The van der Waals surface area contributed by atoms with E-state index in [2.05, 4.69) is 36.6 Å². The fraction of sp³-hybridized carbons (Fsp3) is 0.143. The quantitative estimate of drug-likeness (QED) is 0.726. The molecule has 0 bridgehead atoms. The molecular weight excluding hydrogens is 397 g/mol. The molecule has 90 valence electrons. The maximum Gasteiger partial charge on any atom is 0.387 e. The molecule has 0 atom stereocenters. The number of benzene rings is 1. The van der Waals surface area contributed by atoms with Gasteiger partial charge in [-0.2, -0.15) is 8.78 Å². The summed E-state index contributed by atoms with van der Waals surface area (Å²) in [5.74, 6) is -0.316. The Kier molecular flexibility index (Phi) is 4.56. The van der Waals surface area contributed by atoms with Crippen molar-refractivity contribution >= 4 is 51.6 Å². The molecule has 1 rings (SSSR count). The molecule has 0 aliphatic heterocycles. The molecule has 0 aliphatic carbocycles. The third-order valence-corrected chi connectivity index (χ3v) is 4.77. The van der Waals surface area contributed by atoms with Gasteiger partial charge in [-0.15, -0.1) is 0 Å². The molecule has 0 aromatic heterocycles. The molecule has 16 heavy (non-hydrogen) atoms. The topological polar surface area (TPSA) is 43.4 Å². The maximum atomic E-state index is 12.0. The maximum absolute atomic E-state index is 12.0. The van der Waals surface area contributed by atoms with E-state index in [1.54, 1.807) is 0 Å². The summed E-state index contributed by atoms with van der Waals surface area (Å²) < 4.78 is 50.6. The van der Waals surface area contributed by atoms with Gasteiger partial charge in [0.15, 0.2) is 0 Å². The minimum Gasteiger partial charge on any atom is -0.434 e. The van der Waals surface area contributed by atoms with Crippen LogP contribution in [-0.4, -0.2) is 15.0 Å². The van der Waals surface area contributed by atoms with Crippen molar-refractivity contribution in [2.45, 2.75) is 11.5 Å². The molecular formula is C7H3Br2ClF2O3S. The molecule has 0 saturated heterocycles. The van der Waals surface area contributed by atoms with Crippen molar-refractivity contribution in [2.75, 3.05) is 0 Å². The van der Waals surface area contributed by atoms with Crippen LogP contribution in [0.5, 0.6) is 5.75 Å². The van der Waals surface area contributed by atoms with Crippen LogP contribution in [0.25, 0.3) is 0 Å². The van der Waals surface area contributed by atoms with Gasteiger partial charge in [-0.05, 0) is 37.9 Å². The predicted octanol–water partition coefficient (Wildman–Crippen LogP) is 3.74. The zero-order valence-corrected chi connectivity index (χ0v) is 12.0. The van der Waals surface area contributed by atoms with Gasteiger partial charge in [0.25, 0.3) is 9.05 Å². The smallest absolute Gasteiger partial charge is 0.387 e. The number of rotatable bonds is 3. The fourth-order valence-corrected chi connectivity index (χ4v) is 2.55. The van der Waals surface area contributed by atoms with E-state index in [9.17, 15) is 17.2 Å². The Morgan fingerprint density at radius 3 is 2.31 bits per heavy atom. The molecule has 3 nitrogen and oxygen atoms in total. The van der Waals surface area contributed by atoms with E-state index in [-0.39, 0.29) is 19.6 Å². The Morgan fingerprint density at radius 1 is 1.31 bits per heavy atom. The van der Waals surface area contributed by atoms with E-state index < -0.39 is 15.7 Å². The minimum absolute atomic E-state index is 0.178.